The Labute approximate surface area is 138 Å². The monoisotopic (exact) mass is 362 g/mol. The number of ether oxygens (including phenoxy) is 2. The molecule has 1 saturated heterocycles. The van der Waals surface area contributed by atoms with Crippen molar-refractivity contribution >= 4 is 33.4 Å². The van der Waals surface area contributed by atoms with Crippen molar-refractivity contribution in [2.75, 3.05) is 39.9 Å². The molecule has 0 N–H and O–H groups in total. The van der Waals surface area contributed by atoms with Crippen LogP contribution in [0.5, 0.6) is 0 Å². The SMILES string of the molecule is CCOC(=O)N1CCN(S(=O)(=O)c2ccsc2C(=O)OC)CC1. The number of esters is 1. The Kier molecular flexibility index (Phi) is 5.60. The maximum Gasteiger partial charge on any atom is 0.409 e. The van der Waals surface area contributed by atoms with E-state index in [2.05, 4.69) is 4.74 Å². The number of nitrogens with zero attached hydrogens (tertiary/aromatic N) is 2. The summed E-state index contributed by atoms with van der Waals surface area (Å²) in [4.78, 5) is 24.8. The number of carbonyl (C=O) groups is 2. The second-order valence-corrected chi connectivity index (χ2v) is 7.52. The molecule has 2 heterocycles. The van der Waals surface area contributed by atoms with Crippen LogP contribution in [0.25, 0.3) is 0 Å². The minimum absolute atomic E-state index is 0.0559. The first-order valence-corrected chi connectivity index (χ1v) is 9.31. The highest BCUT2D eigenvalue weighted by Gasteiger charge is 2.34. The number of piperazine rings is 1. The van der Waals surface area contributed by atoms with E-state index in [1.54, 1.807) is 6.92 Å². The standard InChI is InChI=1S/C13H18N2O6S2/c1-3-21-13(17)14-5-7-15(8-6-14)23(18,19)10-4-9-22-11(10)12(16)20-2/h4,9H,3,5-8H2,1-2H3. The first-order valence-electron chi connectivity index (χ1n) is 6.99. The predicted octanol–water partition coefficient (Wildman–Crippen LogP) is 0.997. The van der Waals surface area contributed by atoms with E-state index in [1.807, 2.05) is 0 Å². The van der Waals surface area contributed by atoms with Crippen molar-refractivity contribution in [1.29, 1.82) is 0 Å². The fourth-order valence-corrected chi connectivity index (χ4v) is 4.94. The molecule has 1 aromatic rings. The van der Waals surface area contributed by atoms with Gasteiger partial charge in [0.1, 0.15) is 9.77 Å². The van der Waals surface area contributed by atoms with E-state index in [4.69, 9.17) is 4.74 Å². The summed E-state index contributed by atoms with van der Waals surface area (Å²) in [5.41, 5.74) is 0. The van der Waals surface area contributed by atoms with Gasteiger partial charge in [-0.25, -0.2) is 18.0 Å². The minimum atomic E-state index is -3.80. The van der Waals surface area contributed by atoms with Gasteiger partial charge in [-0.3, -0.25) is 0 Å². The maximum absolute atomic E-state index is 12.7. The summed E-state index contributed by atoms with van der Waals surface area (Å²) in [7, 11) is -2.60. The maximum atomic E-state index is 12.7. The summed E-state index contributed by atoms with van der Waals surface area (Å²) in [5, 5.41) is 1.54. The van der Waals surface area contributed by atoms with Crippen molar-refractivity contribution < 1.29 is 27.5 Å². The molecule has 0 unspecified atom stereocenters. The lowest BCUT2D eigenvalue weighted by atomic mass is 10.4. The van der Waals surface area contributed by atoms with Crippen LogP contribution in [-0.4, -0.2) is 69.6 Å². The fraction of sp³-hybridized carbons (Fsp3) is 0.538. The van der Waals surface area contributed by atoms with E-state index in [0.717, 1.165) is 11.3 Å². The Hall–Kier alpha value is -1.65. The van der Waals surface area contributed by atoms with Crippen LogP contribution < -0.4 is 0 Å². The van der Waals surface area contributed by atoms with Crippen LogP contribution in [0.3, 0.4) is 0 Å². The number of rotatable bonds is 4. The van der Waals surface area contributed by atoms with Crippen LogP contribution in [0.15, 0.2) is 16.3 Å². The number of hydrogen-bond acceptors (Lipinski definition) is 7. The van der Waals surface area contributed by atoms with Crippen molar-refractivity contribution in [3.63, 3.8) is 0 Å². The Morgan fingerprint density at radius 3 is 2.48 bits per heavy atom. The van der Waals surface area contributed by atoms with Crippen LogP contribution >= 0.6 is 11.3 Å². The van der Waals surface area contributed by atoms with Gasteiger partial charge in [0, 0.05) is 26.2 Å². The molecule has 1 aromatic heterocycles. The molecule has 0 aromatic carbocycles. The van der Waals surface area contributed by atoms with Crippen LogP contribution in [0, 0.1) is 0 Å². The largest absolute Gasteiger partial charge is 0.465 e. The van der Waals surface area contributed by atoms with Crippen molar-refractivity contribution in [2.45, 2.75) is 11.8 Å². The summed E-state index contributed by atoms with van der Waals surface area (Å²) in [6, 6.07) is 1.39. The first-order chi connectivity index (χ1) is 10.9. The number of sulfonamides is 1. The Morgan fingerprint density at radius 1 is 1.26 bits per heavy atom. The number of thiophene rings is 1. The molecular formula is C13H18N2O6S2. The lowest BCUT2D eigenvalue weighted by Gasteiger charge is -2.33. The van der Waals surface area contributed by atoms with Gasteiger partial charge >= 0.3 is 12.1 Å². The zero-order chi connectivity index (χ0) is 17.0. The van der Waals surface area contributed by atoms with E-state index in [-0.39, 0.29) is 42.6 Å². The summed E-state index contributed by atoms with van der Waals surface area (Å²) < 4.78 is 36.1. The average molecular weight is 362 g/mol. The Balaban J connectivity index is 2.12. The Bertz CT molecular complexity index is 676. The van der Waals surface area contributed by atoms with E-state index < -0.39 is 22.1 Å². The zero-order valence-corrected chi connectivity index (χ0v) is 14.5. The molecule has 0 spiro atoms. The third-order valence-corrected chi connectivity index (χ3v) is 6.35. The zero-order valence-electron chi connectivity index (χ0n) is 12.9. The smallest absolute Gasteiger partial charge is 0.409 e. The molecule has 1 aliphatic heterocycles. The van der Waals surface area contributed by atoms with Gasteiger partial charge in [-0.15, -0.1) is 11.3 Å². The van der Waals surface area contributed by atoms with Crippen molar-refractivity contribution in [3.05, 3.63) is 16.3 Å². The molecule has 128 valence electrons. The third-order valence-electron chi connectivity index (χ3n) is 3.38. The van der Waals surface area contributed by atoms with E-state index in [0.29, 0.717) is 0 Å². The molecule has 1 amide bonds. The summed E-state index contributed by atoms with van der Waals surface area (Å²) >= 11 is 1.02. The van der Waals surface area contributed by atoms with E-state index >= 15 is 0 Å². The fourth-order valence-electron chi connectivity index (χ4n) is 2.21. The van der Waals surface area contributed by atoms with Gasteiger partial charge in [0.05, 0.1) is 13.7 Å². The summed E-state index contributed by atoms with van der Waals surface area (Å²) in [6.07, 6.45) is -0.449. The van der Waals surface area contributed by atoms with Gasteiger partial charge in [-0.1, -0.05) is 0 Å². The summed E-state index contributed by atoms with van der Waals surface area (Å²) in [6.45, 7) is 2.78. The lowest BCUT2D eigenvalue weighted by molar-refractivity contribution is 0.0602. The molecule has 8 nitrogen and oxygen atoms in total. The molecule has 23 heavy (non-hydrogen) atoms. The van der Waals surface area contributed by atoms with Crippen molar-refractivity contribution in [1.82, 2.24) is 9.21 Å². The molecule has 0 saturated carbocycles. The molecule has 1 aliphatic rings. The van der Waals surface area contributed by atoms with Gasteiger partial charge in [0.2, 0.25) is 10.0 Å². The number of hydrogen-bond donors (Lipinski definition) is 0. The molecule has 0 aliphatic carbocycles. The normalized spacial score (nSPS) is 16.2. The second-order valence-electron chi connectivity index (χ2n) is 4.70. The topological polar surface area (TPSA) is 93.2 Å². The van der Waals surface area contributed by atoms with Gasteiger partial charge in [-0.05, 0) is 18.4 Å². The predicted molar refractivity (Wildman–Crippen MR) is 83.0 cm³/mol. The van der Waals surface area contributed by atoms with Crippen LogP contribution in [0.1, 0.15) is 16.6 Å². The van der Waals surface area contributed by atoms with Gasteiger partial charge in [-0.2, -0.15) is 4.31 Å². The summed E-state index contributed by atoms with van der Waals surface area (Å²) in [5.74, 6) is -0.677. The van der Waals surface area contributed by atoms with Crippen LogP contribution in [0.4, 0.5) is 4.79 Å². The molecule has 0 bridgehead atoms. The minimum Gasteiger partial charge on any atom is -0.465 e. The van der Waals surface area contributed by atoms with Crippen LogP contribution in [-0.2, 0) is 19.5 Å². The lowest BCUT2D eigenvalue weighted by Crippen LogP contribution is -2.50. The highest BCUT2D eigenvalue weighted by atomic mass is 32.2. The van der Waals surface area contributed by atoms with E-state index in [9.17, 15) is 18.0 Å². The molecule has 0 radical (unpaired) electrons. The third kappa shape index (κ3) is 3.65. The van der Waals surface area contributed by atoms with E-state index in [1.165, 1.54) is 27.8 Å². The van der Waals surface area contributed by atoms with Gasteiger partial charge in [0.15, 0.2) is 0 Å². The van der Waals surface area contributed by atoms with Crippen LogP contribution in [0.2, 0.25) is 0 Å². The number of amides is 1. The highest BCUT2D eigenvalue weighted by Crippen LogP contribution is 2.26. The van der Waals surface area contributed by atoms with Crippen molar-refractivity contribution in [3.8, 4) is 0 Å². The quantitative estimate of drug-likeness (QED) is 0.742. The molecule has 0 atom stereocenters. The number of methoxy groups -OCH3 is 1. The molecule has 2 rings (SSSR count). The Morgan fingerprint density at radius 2 is 1.91 bits per heavy atom. The first kappa shape index (κ1) is 17.7. The molecule has 1 fully saturated rings. The second kappa shape index (κ2) is 7.28. The average Bonchev–Trinajstić information content (AvgIpc) is 3.05. The molecular weight excluding hydrogens is 344 g/mol. The van der Waals surface area contributed by atoms with Gasteiger partial charge < -0.3 is 14.4 Å². The van der Waals surface area contributed by atoms with Gasteiger partial charge in [0.25, 0.3) is 0 Å². The highest BCUT2D eigenvalue weighted by molar-refractivity contribution is 7.89. The van der Waals surface area contributed by atoms with Crippen molar-refractivity contribution in [2.24, 2.45) is 0 Å². The molecule has 10 heteroatoms. The number of carbonyl (C=O) groups excluding carboxylic acids is 2.